The van der Waals surface area contributed by atoms with E-state index >= 15 is 0 Å². The van der Waals surface area contributed by atoms with Crippen LogP contribution in [0.2, 0.25) is 0 Å². The Morgan fingerprint density at radius 3 is 2.30 bits per heavy atom. The second kappa shape index (κ2) is 8.25. The first-order chi connectivity index (χ1) is 13.0. The molecule has 1 fully saturated rings. The SMILES string of the molecule is CC[C@@H](c1nnnn1C(C)(C)CC)N1CCN(c2ccc(OC)cc2)CC1. The zero-order chi connectivity index (χ0) is 19.4. The minimum atomic E-state index is -0.0723. The van der Waals surface area contributed by atoms with Crippen LogP contribution < -0.4 is 9.64 Å². The van der Waals surface area contributed by atoms with Gasteiger partial charge in [0.15, 0.2) is 5.82 Å². The molecule has 7 heteroatoms. The topological polar surface area (TPSA) is 59.3 Å². The van der Waals surface area contributed by atoms with Crippen LogP contribution in [-0.2, 0) is 5.54 Å². The summed E-state index contributed by atoms with van der Waals surface area (Å²) >= 11 is 0. The van der Waals surface area contributed by atoms with E-state index in [0.29, 0.717) is 0 Å². The quantitative estimate of drug-likeness (QED) is 0.744. The highest BCUT2D eigenvalue weighted by Crippen LogP contribution is 2.29. The first-order valence-electron chi connectivity index (χ1n) is 9.92. The summed E-state index contributed by atoms with van der Waals surface area (Å²) < 4.78 is 7.29. The number of nitrogens with zero attached hydrogens (tertiary/aromatic N) is 6. The normalized spacial score (nSPS) is 17.1. The number of hydrogen-bond donors (Lipinski definition) is 0. The third-order valence-corrected chi connectivity index (χ3v) is 5.81. The smallest absolute Gasteiger partial charge is 0.168 e. The molecule has 3 rings (SSSR count). The van der Waals surface area contributed by atoms with Crippen LogP contribution in [0, 0.1) is 0 Å². The third kappa shape index (κ3) is 4.08. The molecule has 7 nitrogen and oxygen atoms in total. The second-order valence-electron chi connectivity index (χ2n) is 7.76. The summed E-state index contributed by atoms with van der Waals surface area (Å²) in [5.74, 6) is 1.89. The molecule has 0 spiro atoms. The molecule has 2 heterocycles. The number of aromatic nitrogens is 4. The van der Waals surface area contributed by atoms with Gasteiger partial charge in [-0.15, -0.1) is 5.10 Å². The summed E-state index contributed by atoms with van der Waals surface area (Å²) in [6.07, 6.45) is 2.00. The van der Waals surface area contributed by atoms with Gasteiger partial charge in [-0.3, -0.25) is 4.90 Å². The summed E-state index contributed by atoms with van der Waals surface area (Å²) in [5, 5.41) is 12.7. The van der Waals surface area contributed by atoms with Crippen molar-refractivity contribution in [3.8, 4) is 5.75 Å². The van der Waals surface area contributed by atoms with Crippen LogP contribution in [0.4, 0.5) is 5.69 Å². The molecule has 0 aliphatic carbocycles. The van der Waals surface area contributed by atoms with E-state index in [2.05, 4.69) is 65.2 Å². The van der Waals surface area contributed by atoms with Crippen LogP contribution in [-0.4, -0.2) is 58.4 Å². The van der Waals surface area contributed by atoms with E-state index in [1.807, 2.05) is 16.8 Å². The molecule has 148 valence electrons. The molecule has 27 heavy (non-hydrogen) atoms. The number of methoxy groups -OCH3 is 1. The van der Waals surface area contributed by atoms with Crippen LogP contribution in [0.5, 0.6) is 5.75 Å². The summed E-state index contributed by atoms with van der Waals surface area (Å²) in [7, 11) is 1.70. The van der Waals surface area contributed by atoms with Gasteiger partial charge in [0.25, 0.3) is 0 Å². The van der Waals surface area contributed by atoms with Gasteiger partial charge in [-0.05, 0) is 61.4 Å². The number of rotatable bonds is 7. The lowest BCUT2D eigenvalue weighted by Gasteiger charge is -2.40. The Balaban J connectivity index is 1.70. The van der Waals surface area contributed by atoms with Gasteiger partial charge in [0.1, 0.15) is 5.75 Å². The molecule has 1 aliphatic rings. The van der Waals surface area contributed by atoms with Crippen molar-refractivity contribution in [3.05, 3.63) is 30.1 Å². The van der Waals surface area contributed by atoms with E-state index < -0.39 is 0 Å². The fourth-order valence-corrected chi connectivity index (χ4v) is 3.67. The van der Waals surface area contributed by atoms with E-state index in [9.17, 15) is 0 Å². The largest absolute Gasteiger partial charge is 0.497 e. The zero-order valence-corrected chi connectivity index (χ0v) is 17.2. The summed E-state index contributed by atoms with van der Waals surface area (Å²) in [6, 6.07) is 8.57. The Labute approximate surface area is 162 Å². The Morgan fingerprint density at radius 2 is 1.74 bits per heavy atom. The minimum absolute atomic E-state index is 0.0723. The lowest BCUT2D eigenvalue weighted by atomic mass is 10.0. The number of ether oxygens (including phenoxy) is 1. The minimum Gasteiger partial charge on any atom is -0.497 e. The Hall–Kier alpha value is -2.15. The van der Waals surface area contributed by atoms with E-state index in [4.69, 9.17) is 4.74 Å². The van der Waals surface area contributed by atoms with Gasteiger partial charge in [-0.1, -0.05) is 13.8 Å². The Morgan fingerprint density at radius 1 is 1.07 bits per heavy atom. The maximum atomic E-state index is 5.26. The molecule has 1 aromatic heterocycles. The van der Waals surface area contributed by atoms with E-state index in [-0.39, 0.29) is 11.6 Å². The highest BCUT2D eigenvalue weighted by molar-refractivity contribution is 5.49. The number of benzene rings is 1. The maximum Gasteiger partial charge on any atom is 0.168 e. The molecule has 1 aromatic carbocycles. The van der Waals surface area contributed by atoms with E-state index in [1.165, 1.54) is 5.69 Å². The molecule has 0 N–H and O–H groups in total. The molecule has 1 atom stereocenters. The molecule has 1 aliphatic heterocycles. The van der Waals surface area contributed by atoms with Crippen molar-refractivity contribution in [1.29, 1.82) is 0 Å². The Kier molecular flexibility index (Phi) is 5.99. The van der Waals surface area contributed by atoms with Gasteiger partial charge in [-0.25, -0.2) is 4.68 Å². The maximum absolute atomic E-state index is 5.26. The van der Waals surface area contributed by atoms with Crippen LogP contribution in [0.1, 0.15) is 52.4 Å². The van der Waals surface area contributed by atoms with Crippen molar-refractivity contribution in [2.24, 2.45) is 0 Å². The van der Waals surface area contributed by atoms with Crippen LogP contribution >= 0.6 is 0 Å². The summed E-state index contributed by atoms with van der Waals surface area (Å²) in [4.78, 5) is 4.95. The van der Waals surface area contributed by atoms with Crippen molar-refractivity contribution in [2.45, 2.75) is 52.1 Å². The summed E-state index contributed by atoms with van der Waals surface area (Å²) in [6.45, 7) is 12.8. The van der Waals surface area contributed by atoms with Crippen molar-refractivity contribution in [1.82, 2.24) is 25.1 Å². The van der Waals surface area contributed by atoms with Gasteiger partial charge in [0.05, 0.1) is 18.7 Å². The highest BCUT2D eigenvalue weighted by Gasteiger charge is 2.32. The molecule has 2 aromatic rings. The third-order valence-electron chi connectivity index (χ3n) is 5.81. The van der Waals surface area contributed by atoms with Gasteiger partial charge in [0.2, 0.25) is 0 Å². The van der Waals surface area contributed by atoms with Crippen LogP contribution in [0.25, 0.3) is 0 Å². The first kappa shape index (κ1) is 19.6. The van der Waals surface area contributed by atoms with Crippen LogP contribution in [0.15, 0.2) is 24.3 Å². The molecule has 1 saturated heterocycles. The monoisotopic (exact) mass is 372 g/mol. The number of piperazine rings is 1. The second-order valence-corrected chi connectivity index (χ2v) is 7.76. The molecule has 0 amide bonds. The fraction of sp³-hybridized carbons (Fsp3) is 0.650. The van der Waals surface area contributed by atoms with E-state index in [1.54, 1.807) is 7.11 Å². The summed E-state index contributed by atoms with van der Waals surface area (Å²) in [5.41, 5.74) is 1.18. The predicted octanol–water partition coefficient (Wildman–Crippen LogP) is 3.10. The molecule has 0 unspecified atom stereocenters. The van der Waals surface area contributed by atoms with Gasteiger partial charge in [-0.2, -0.15) is 0 Å². The van der Waals surface area contributed by atoms with Crippen molar-refractivity contribution in [3.63, 3.8) is 0 Å². The lowest BCUT2D eigenvalue weighted by Crippen LogP contribution is -2.48. The van der Waals surface area contributed by atoms with E-state index in [0.717, 1.165) is 50.6 Å². The molecular weight excluding hydrogens is 340 g/mol. The lowest BCUT2D eigenvalue weighted by molar-refractivity contribution is 0.158. The zero-order valence-electron chi connectivity index (χ0n) is 17.2. The van der Waals surface area contributed by atoms with Gasteiger partial charge < -0.3 is 9.64 Å². The Bertz CT molecular complexity index is 718. The average Bonchev–Trinajstić information content (AvgIpc) is 3.20. The number of tetrazole rings is 1. The standard InChI is InChI=1S/C20H32N6O/c1-6-18(19-21-22-23-26(19)20(3,4)7-2)25-14-12-24(13-15-25)16-8-10-17(27-5)11-9-16/h8-11,18H,6-7,12-15H2,1-5H3/t18-/m0/s1. The van der Waals surface area contributed by atoms with Crippen LogP contribution in [0.3, 0.4) is 0 Å². The average molecular weight is 373 g/mol. The van der Waals surface area contributed by atoms with Gasteiger partial charge >= 0.3 is 0 Å². The molecule has 0 radical (unpaired) electrons. The number of anilines is 1. The van der Waals surface area contributed by atoms with Crippen molar-refractivity contribution >= 4 is 5.69 Å². The predicted molar refractivity (Wildman–Crippen MR) is 107 cm³/mol. The molecular formula is C20H32N6O. The van der Waals surface area contributed by atoms with Crippen molar-refractivity contribution in [2.75, 3.05) is 38.2 Å². The van der Waals surface area contributed by atoms with Gasteiger partial charge in [0, 0.05) is 31.9 Å². The first-order valence-corrected chi connectivity index (χ1v) is 9.92. The van der Waals surface area contributed by atoms with Crippen molar-refractivity contribution < 1.29 is 4.74 Å². The highest BCUT2D eigenvalue weighted by atomic mass is 16.5. The number of hydrogen-bond acceptors (Lipinski definition) is 6. The molecule has 0 saturated carbocycles. The fourth-order valence-electron chi connectivity index (χ4n) is 3.67. The molecule has 0 bridgehead atoms.